The van der Waals surface area contributed by atoms with Crippen LogP contribution in [0.15, 0.2) is 206 Å². The van der Waals surface area contributed by atoms with Gasteiger partial charge < -0.3 is 9.13 Å². The van der Waals surface area contributed by atoms with Gasteiger partial charge in [0, 0.05) is 34.5 Å². The number of fused-ring (bicyclic) bond motifs is 8. The van der Waals surface area contributed by atoms with Crippen LogP contribution in [0.25, 0.3) is 33.7 Å². The number of nitrogens with zero attached hydrogens (tertiary/aromatic N) is 2. The van der Waals surface area contributed by atoms with Gasteiger partial charge in [0.1, 0.15) is 0 Å². The van der Waals surface area contributed by atoms with Crippen LogP contribution in [0.5, 0.6) is 0 Å². The van der Waals surface area contributed by atoms with E-state index in [-0.39, 0.29) is 35.2 Å². The molecular weight excluding hydrogens is 795 g/mol. The largest absolute Gasteiger partial charge is 0.301 e. The maximum atomic E-state index is 15.4. The van der Waals surface area contributed by atoms with Crippen molar-refractivity contribution < 1.29 is 9.13 Å². The molecule has 12 rings (SSSR count). The highest BCUT2D eigenvalue weighted by Gasteiger charge is 2.58. The molecule has 2 aliphatic heterocycles. The summed E-state index contributed by atoms with van der Waals surface area (Å²) in [4.78, 5) is 0. The van der Waals surface area contributed by atoms with Gasteiger partial charge in [0.2, 0.25) is 0 Å². The summed E-state index contributed by atoms with van der Waals surface area (Å²) in [6.45, 7) is 0. The first-order valence-corrected chi connectivity index (χ1v) is 25.1. The Balaban J connectivity index is 0.000000139. The van der Waals surface area contributed by atoms with E-state index in [1.54, 1.807) is 0 Å². The van der Waals surface area contributed by atoms with Gasteiger partial charge in [-0.1, -0.05) is 206 Å². The molecule has 0 aromatic heterocycles. The lowest BCUT2D eigenvalue weighted by Gasteiger charge is -2.30. The van der Waals surface area contributed by atoms with Crippen LogP contribution in [0.2, 0.25) is 0 Å². The summed E-state index contributed by atoms with van der Waals surface area (Å²) in [7, 11) is -1.80. The second kappa shape index (κ2) is 15.5. The molecule has 8 atom stereocenters. The molecule has 0 bridgehead atoms. The molecule has 6 heteroatoms. The molecule has 0 radical (unpaired) electrons. The quantitative estimate of drug-likeness (QED) is 0.166. The second-order valence-corrected chi connectivity index (χ2v) is 23.0. The lowest BCUT2D eigenvalue weighted by molar-refractivity contribution is 0.357. The van der Waals surface area contributed by atoms with Crippen LogP contribution in [0.4, 0.5) is 0 Å². The zero-order valence-corrected chi connectivity index (χ0v) is 36.6. The van der Waals surface area contributed by atoms with Crippen LogP contribution in [0.1, 0.15) is 56.8 Å². The highest BCUT2D eigenvalue weighted by molar-refractivity contribution is 7.71. The number of hydrogen-bond donors (Lipinski definition) is 0. The van der Waals surface area contributed by atoms with Crippen LogP contribution in [-0.4, -0.2) is 23.4 Å². The van der Waals surface area contributed by atoms with Crippen LogP contribution < -0.4 is 10.6 Å². The molecule has 8 aromatic carbocycles. The van der Waals surface area contributed by atoms with Crippen LogP contribution in [0.3, 0.4) is 0 Å². The third-order valence-corrected chi connectivity index (χ3v) is 21.4. The van der Waals surface area contributed by atoms with E-state index in [9.17, 15) is 0 Å². The molecule has 0 unspecified atom stereocenters. The molecule has 2 saturated heterocycles. The Labute approximate surface area is 364 Å². The van der Waals surface area contributed by atoms with Crippen LogP contribution in [-0.2, 0) is 9.13 Å². The average molecular weight is 843 g/mol. The van der Waals surface area contributed by atoms with Gasteiger partial charge in [0.05, 0.1) is 11.3 Å². The third-order valence-electron chi connectivity index (χ3n) is 14.1. The van der Waals surface area contributed by atoms with E-state index in [2.05, 4.69) is 230 Å². The monoisotopic (exact) mass is 842 g/mol. The fourth-order valence-corrected chi connectivity index (χ4v) is 19.1. The van der Waals surface area contributed by atoms with Crippen molar-refractivity contribution in [1.82, 2.24) is 9.34 Å². The summed E-state index contributed by atoms with van der Waals surface area (Å²) in [5.74, 6) is 0.319. The summed E-state index contributed by atoms with van der Waals surface area (Å²) in [5.41, 5.74) is 7.11. The summed E-state index contributed by atoms with van der Waals surface area (Å²) < 4.78 is 35.1. The first kappa shape index (κ1) is 39.0. The van der Waals surface area contributed by atoms with E-state index >= 15 is 9.13 Å². The highest BCUT2D eigenvalue weighted by atomic mass is 31.2. The van der Waals surface area contributed by atoms with Gasteiger partial charge in [-0.05, 0) is 81.2 Å². The first-order valence-electron chi connectivity index (χ1n) is 21.7. The summed E-state index contributed by atoms with van der Waals surface area (Å²) in [6.07, 6.45) is 9.04. The first-order chi connectivity index (χ1) is 30.4. The Bertz CT molecular complexity index is 2920. The molecule has 4 nitrogen and oxygen atoms in total. The van der Waals surface area contributed by atoms with Crippen molar-refractivity contribution in [1.29, 1.82) is 0 Å². The SMILES string of the molecule is CN1[C@H](c2ccccc2)[C@@H]2C=Cc3ccccc3[C@H]2[P@@]1(=O)c1cccc2ccccc12.CN1[C@H](c2ccccc2)[C@@H]2C=Cc3ccccc3[C@H]2[P@@]1(=O)c1cccc2ccccc12. The van der Waals surface area contributed by atoms with Gasteiger partial charge >= 0.3 is 0 Å². The van der Waals surface area contributed by atoms with Gasteiger partial charge in [-0.3, -0.25) is 0 Å². The van der Waals surface area contributed by atoms with E-state index in [4.69, 9.17) is 0 Å². The van der Waals surface area contributed by atoms with Crippen LogP contribution in [0, 0.1) is 11.8 Å². The third kappa shape index (κ3) is 5.96. The van der Waals surface area contributed by atoms with Crippen LogP contribution >= 0.6 is 14.6 Å². The lowest BCUT2D eigenvalue weighted by Crippen LogP contribution is -2.22. The summed E-state index contributed by atoms with van der Waals surface area (Å²) in [5, 5.41) is 6.43. The van der Waals surface area contributed by atoms with Crippen molar-refractivity contribution in [3.8, 4) is 0 Å². The molecule has 2 fully saturated rings. The highest BCUT2D eigenvalue weighted by Crippen LogP contribution is 2.76. The van der Waals surface area contributed by atoms with Crippen molar-refractivity contribution in [2.75, 3.05) is 14.1 Å². The average Bonchev–Trinajstić information content (AvgIpc) is 3.72. The van der Waals surface area contributed by atoms with Crippen molar-refractivity contribution in [3.63, 3.8) is 0 Å². The number of rotatable bonds is 4. The zero-order valence-electron chi connectivity index (χ0n) is 34.9. The van der Waals surface area contributed by atoms with Gasteiger partial charge in [-0.25, -0.2) is 9.34 Å². The zero-order chi connectivity index (χ0) is 42.0. The van der Waals surface area contributed by atoms with Gasteiger partial charge in [0.25, 0.3) is 0 Å². The lowest BCUT2D eigenvalue weighted by atomic mass is 9.82. The fourth-order valence-electron chi connectivity index (χ4n) is 11.4. The number of hydrogen-bond acceptors (Lipinski definition) is 2. The topological polar surface area (TPSA) is 40.6 Å². The smallest absolute Gasteiger partial charge is 0.187 e. The van der Waals surface area contributed by atoms with E-state index in [1.165, 1.54) is 33.4 Å². The molecule has 2 aliphatic carbocycles. The maximum absolute atomic E-state index is 15.4. The van der Waals surface area contributed by atoms with Crippen molar-refractivity contribution in [2.45, 2.75) is 23.4 Å². The van der Waals surface area contributed by atoms with Crippen molar-refractivity contribution >= 4 is 58.9 Å². The molecule has 0 saturated carbocycles. The minimum Gasteiger partial charge on any atom is -0.301 e. The summed E-state index contributed by atoms with van der Waals surface area (Å²) >= 11 is 0. The molecule has 2 heterocycles. The van der Waals surface area contributed by atoms with E-state index in [0.29, 0.717) is 0 Å². The Morgan fingerprint density at radius 3 is 1.18 bits per heavy atom. The molecule has 0 N–H and O–H groups in total. The Hall–Kier alpha value is -5.86. The molecule has 0 spiro atoms. The number of benzene rings is 8. The molecule has 304 valence electrons. The Morgan fingerprint density at radius 1 is 0.387 bits per heavy atom. The van der Waals surface area contributed by atoms with Gasteiger partial charge in [0.15, 0.2) is 14.6 Å². The van der Waals surface area contributed by atoms with Gasteiger partial charge in [-0.2, -0.15) is 0 Å². The standard InChI is InChI=1S/2C28H24NOP/c2*1-29-27(22-12-3-2-4-13-22)25-19-18-21-11-6-8-16-24(21)28(25)31(29,30)26-17-9-14-20-10-5-7-15-23(20)26/h2*2-19,25,27-28H,1H3/t2*25-,27+,28+,31-/m00/s1. The van der Waals surface area contributed by atoms with E-state index in [0.717, 1.165) is 32.2 Å². The normalized spacial score (nSPS) is 27.2. The summed E-state index contributed by atoms with van der Waals surface area (Å²) in [6, 6.07) is 67.4. The molecular formula is C56H48N2O2P2. The Morgan fingerprint density at radius 2 is 0.742 bits per heavy atom. The van der Waals surface area contributed by atoms with Crippen molar-refractivity contribution in [3.05, 3.63) is 240 Å². The molecule has 0 amide bonds. The molecule has 8 aromatic rings. The molecule has 62 heavy (non-hydrogen) atoms. The minimum absolute atomic E-state index is 0.0605. The van der Waals surface area contributed by atoms with E-state index in [1.807, 2.05) is 12.1 Å². The predicted molar refractivity (Wildman–Crippen MR) is 260 cm³/mol. The van der Waals surface area contributed by atoms with E-state index < -0.39 is 14.6 Å². The van der Waals surface area contributed by atoms with Crippen molar-refractivity contribution in [2.24, 2.45) is 11.8 Å². The predicted octanol–water partition coefficient (Wildman–Crippen LogP) is 13.6. The molecule has 4 aliphatic rings. The van der Waals surface area contributed by atoms with Gasteiger partial charge in [-0.15, -0.1) is 0 Å². The second-order valence-electron chi connectivity index (χ2n) is 17.1. The maximum Gasteiger partial charge on any atom is 0.187 e. The minimum atomic E-state index is -2.96. The Kier molecular flexibility index (Phi) is 9.75. The fraction of sp³-hybridized carbons (Fsp3) is 0.143.